The van der Waals surface area contributed by atoms with Gasteiger partial charge in [-0.05, 0) is 79.9 Å². The first-order valence-corrected chi connectivity index (χ1v) is 13.1. The Morgan fingerprint density at radius 1 is 1.03 bits per heavy atom. The Hall–Kier alpha value is -2.93. The van der Waals surface area contributed by atoms with Gasteiger partial charge in [0.25, 0.3) is 0 Å². The van der Waals surface area contributed by atoms with Gasteiger partial charge < -0.3 is 20.9 Å². The van der Waals surface area contributed by atoms with Crippen LogP contribution in [-0.2, 0) is 0 Å². The van der Waals surface area contributed by atoms with Crippen LogP contribution in [-0.4, -0.2) is 41.8 Å². The van der Waals surface area contributed by atoms with Gasteiger partial charge in [-0.3, -0.25) is 0 Å². The van der Waals surface area contributed by atoms with Crippen molar-refractivity contribution in [1.82, 2.24) is 15.3 Å². The molecule has 0 saturated heterocycles. The standard InChI is InChI=1S/C28H38N6S/c1-18(2)22-11-8-9-19(3)25(22)32-28(35)29-17-20-13-15-21(16-14-20)30-27-31-24-12-7-6-10-23(24)26(33-27)34(4)5/h6-12,18,20-21H,13-17H2,1-5H3,(H2,29,32,35)(H,30,31,33)/t20-,21+. The number of nitrogens with zero attached hydrogens (tertiary/aromatic N) is 3. The zero-order valence-corrected chi connectivity index (χ0v) is 22.4. The Labute approximate surface area is 214 Å². The molecule has 0 spiro atoms. The molecule has 0 atom stereocenters. The van der Waals surface area contributed by atoms with Crippen LogP contribution in [0.15, 0.2) is 42.5 Å². The third kappa shape index (κ3) is 6.20. The highest BCUT2D eigenvalue weighted by Gasteiger charge is 2.22. The van der Waals surface area contributed by atoms with Crippen molar-refractivity contribution in [3.05, 3.63) is 53.6 Å². The molecule has 0 unspecified atom stereocenters. The molecule has 3 aromatic rings. The first-order chi connectivity index (χ1) is 16.8. The van der Waals surface area contributed by atoms with Gasteiger partial charge in [-0.25, -0.2) is 4.98 Å². The number of aromatic nitrogens is 2. The molecule has 186 valence electrons. The first-order valence-electron chi connectivity index (χ1n) is 12.7. The summed E-state index contributed by atoms with van der Waals surface area (Å²) in [4.78, 5) is 11.6. The smallest absolute Gasteiger partial charge is 0.225 e. The van der Waals surface area contributed by atoms with Gasteiger partial charge in [0.2, 0.25) is 5.95 Å². The summed E-state index contributed by atoms with van der Waals surface area (Å²) >= 11 is 5.64. The third-order valence-electron chi connectivity index (χ3n) is 6.90. The molecule has 4 rings (SSSR count). The lowest BCUT2D eigenvalue weighted by Crippen LogP contribution is -2.36. The SMILES string of the molecule is Cc1cccc(C(C)C)c1NC(=S)NC[C@H]1CC[C@@H](Nc2nc(N(C)C)c3ccccc3n2)CC1. The third-order valence-corrected chi connectivity index (χ3v) is 7.15. The van der Waals surface area contributed by atoms with E-state index in [1.54, 1.807) is 0 Å². The summed E-state index contributed by atoms with van der Waals surface area (Å²) in [6.45, 7) is 7.46. The van der Waals surface area contributed by atoms with Crippen molar-refractivity contribution >= 4 is 45.7 Å². The van der Waals surface area contributed by atoms with E-state index >= 15 is 0 Å². The molecule has 1 heterocycles. The lowest BCUT2D eigenvalue weighted by atomic mass is 9.86. The van der Waals surface area contributed by atoms with Crippen LogP contribution in [0.5, 0.6) is 0 Å². The molecule has 0 radical (unpaired) electrons. The number of benzene rings is 2. The maximum Gasteiger partial charge on any atom is 0.225 e. The van der Waals surface area contributed by atoms with Crippen molar-refractivity contribution in [3.8, 4) is 0 Å². The summed E-state index contributed by atoms with van der Waals surface area (Å²) in [7, 11) is 4.05. The van der Waals surface area contributed by atoms with E-state index in [9.17, 15) is 0 Å². The monoisotopic (exact) mass is 490 g/mol. The van der Waals surface area contributed by atoms with Crippen LogP contribution in [0.2, 0.25) is 0 Å². The van der Waals surface area contributed by atoms with E-state index < -0.39 is 0 Å². The van der Waals surface area contributed by atoms with E-state index in [0.717, 1.165) is 60.6 Å². The van der Waals surface area contributed by atoms with Crippen LogP contribution >= 0.6 is 12.2 Å². The normalized spacial score (nSPS) is 17.9. The Kier molecular flexibility index (Phi) is 8.06. The summed E-state index contributed by atoms with van der Waals surface area (Å²) in [6.07, 6.45) is 4.52. The van der Waals surface area contributed by atoms with Crippen LogP contribution < -0.4 is 20.9 Å². The molecule has 2 aromatic carbocycles. The summed E-state index contributed by atoms with van der Waals surface area (Å²) in [5.41, 5.74) is 4.64. The number of anilines is 3. The molecule has 1 aliphatic rings. The van der Waals surface area contributed by atoms with E-state index in [-0.39, 0.29) is 0 Å². The van der Waals surface area contributed by atoms with Crippen LogP contribution in [0.1, 0.15) is 56.6 Å². The quantitative estimate of drug-likeness (QED) is 0.347. The Balaban J connectivity index is 1.29. The first kappa shape index (κ1) is 25.2. The largest absolute Gasteiger partial charge is 0.362 e. The predicted octanol–water partition coefficient (Wildman–Crippen LogP) is 6.08. The van der Waals surface area contributed by atoms with Gasteiger partial charge in [-0.2, -0.15) is 4.98 Å². The molecule has 3 N–H and O–H groups in total. The van der Waals surface area contributed by atoms with Crippen molar-refractivity contribution in [2.75, 3.05) is 36.2 Å². The molecule has 0 bridgehead atoms. The minimum atomic E-state index is 0.396. The van der Waals surface area contributed by atoms with Gasteiger partial charge in [0, 0.05) is 37.8 Å². The molecule has 1 aromatic heterocycles. The molecule has 6 nitrogen and oxygen atoms in total. The number of hydrogen-bond donors (Lipinski definition) is 3. The lowest BCUT2D eigenvalue weighted by Gasteiger charge is -2.30. The van der Waals surface area contributed by atoms with Gasteiger partial charge in [-0.1, -0.05) is 44.2 Å². The Bertz CT molecular complexity index is 1170. The molecule has 1 fully saturated rings. The second kappa shape index (κ2) is 11.2. The van der Waals surface area contributed by atoms with Crippen LogP contribution in [0.3, 0.4) is 0 Å². The highest BCUT2D eigenvalue weighted by Crippen LogP contribution is 2.29. The zero-order valence-electron chi connectivity index (χ0n) is 21.6. The van der Waals surface area contributed by atoms with Crippen molar-refractivity contribution in [2.45, 2.75) is 58.4 Å². The van der Waals surface area contributed by atoms with Crippen molar-refractivity contribution in [2.24, 2.45) is 5.92 Å². The number of fused-ring (bicyclic) bond motifs is 1. The van der Waals surface area contributed by atoms with E-state index in [1.165, 1.54) is 11.1 Å². The molecular weight excluding hydrogens is 452 g/mol. The molecule has 1 aliphatic carbocycles. The van der Waals surface area contributed by atoms with Gasteiger partial charge in [0.15, 0.2) is 5.11 Å². The molecular formula is C28H38N6S. The minimum absolute atomic E-state index is 0.396. The lowest BCUT2D eigenvalue weighted by molar-refractivity contribution is 0.336. The summed E-state index contributed by atoms with van der Waals surface area (Å²) in [6, 6.07) is 15.0. The average molecular weight is 491 g/mol. The fourth-order valence-corrected chi connectivity index (χ4v) is 5.08. The number of nitrogens with one attached hydrogen (secondary N) is 3. The van der Waals surface area contributed by atoms with Gasteiger partial charge in [-0.15, -0.1) is 0 Å². The molecule has 35 heavy (non-hydrogen) atoms. The van der Waals surface area contributed by atoms with Gasteiger partial charge in [0.05, 0.1) is 5.52 Å². The second-order valence-electron chi connectivity index (χ2n) is 10.2. The molecule has 0 aliphatic heterocycles. The minimum Gasteiger partial charge on any atom is -0.362 e. The number of rotatable bonds is 7. The Morgan fingerprint density at radius 2 is 1.77 bits per heavy atom. The van der Waals surface area contributed by atoms with E-state index in [1.807, 2.05) is 26.2 Å². The number of thiocarbonyl (C=S) groups is 1. The fourth-order valence-electron chi connectivity index (χ4n) is 4.90. The van der Waals surface area contributed by atoms with Gasteiger partial charge >= 0.3 is 0 Å². The number of para-hydroxylation sites is 2. The predicted molar refractivity (Wildman–Crippen MR) is 153 cm³/mol. The van der Waals surface area contributed by atoms with Crippen LogP contribution in [0.25, 0.3) is 10.9 Å². The Morgan fingerprint density at radius 3 is 2.49 bits per heavy atom. The highest BCUT2D eigenvalue weighted by molar-refractivity contribution is 7.80. The van der Waals surface area contributed by atoms with Gasteiger partial charge in [0.1, 0.15) is 5.82 Å². The maximum atomic E-state index is 5.64. The average Bonchev–Trinajstić information content (AvgIpc) is 2.84. The summed E-state index contributed by atoms with van der Waals surface area (Å²) in [5.74, 6) is 2.73. The van der Waals surface area contributed by atoms with Crippen molar-refractivity contribution < 1.29 is 0 Å². The van der Waals surface area contributed by atoms with Crippen LogP contribution in [0, 0.1) is 12.8 Å². The summed E-state index contributed by atoms with van der Waals surface area (Å²) in [5, 5.41) is 12.3. The second-order valence-corrected chi connectivity index (χ2v) is 10.6. The zero-order chi connectivity index (χ0) is 24.9. The molecule has 0 amide bonds. The van der Waals surface area contributed by atoms with E-state index in [4.69, 9.17) is 22.2 Å². The highest BCUT2D eigenvalue weighted by atomic mass is 32.1. The maximum absolute atomic E-state index is 5.64. The number of aryl methyl sites for hydroxylation is 1. The number of hydrogen-bond acceptors (Lipinski definition) is 5. The fraction of sp³-hybridized carbons (Fsp3) is 0.464. The van der Waals surface area contributed by atoms with Crippen molar-refractivity contribution in [3.63, 3.8) is 0 Å². The van der Waals surface area contributed by atoms with E-state index in [0.29, 0.717) is 23.0 Å². The van der Waals surface area contributed by atoms with E-state index in [2.05, 4.69) is 72.0 Å². The van der Waals surface area contributed by atoms with Crippen molar-refractivity contribution in [1.29, 1.82) is 0 Å². The topological polar surface area (TPSA) is 65.1 Å². The van der Waals surface area contributed by atoms with Crippen LogP contribution in [0.4, 0.5) is 17.5 Å². The summed E-state index contributed by atoms with van der Waals surface area (Å²) < 4.78 is 0. The molecule has 7 heteroatoms. The molecule has 1 saturated carbocycles.